The third kappa shape index (κ3) is 3.45. The first-order valence-electron chi connectivity index (χ1n) is 5.22. The van der Waals surface area contributed by atoms with Gasteiger partial charge in [0.15, 0.2) is 6.29 Å². The molecule has 0 bridgehead atoms. The molecule has 0 saturated heterocycles. The van der Waals surface area contributed by atoms with Crippen molar-refractivity contribution in [3.05, 3.63) is 44.8 Å². The van der Waals surface area contributed by atoms with Gasteiger partial charge in [0.1, 0.15) is 6.10 Å². The van der Waals surface area contributed by atoms with E-state index < -0.39 is 12.2 Å². The van der Waals surface area contributed by atoms with Crippen LogP contribution < -0.4 is 0 Å². The van der Waals surface area contributed by atoms with E-state index in [0.29, 0.717) is 6.29 Å². The van der Waals surface area contributed by atoms with Crippen molar-refractivity contribution in [3.8, 4) is 0 Å². The molecule has 0 radical (unpaired) electrons. The SMILES string of the molecule is [N-]=[N+]=NCCC(O)C(O)c1cccc(Cl)c1C=O. The number of carbonyl (C=O) groups excluding carboxylic acids is 1. The zero-order valence-corrected chi connectivity index (χ0v) is 10.2. The molecule has 1 aromatic rings. The Bertz CT molecular complexity index is 475. The van der Waals surface area contributed by atoms with Crippen molar-refractivity contribution in [2.45, 2.75) is 18.6 Å². The lowest BCUT2D eigenvalue weighted by molar-refractivity contribution is 0.0147. The number of aldehydes is 1. The number of azide groups is 1. The lowest BCUT2D eigenvalue weighted by Crippen LogP contribution is -2.20. The lowest BCUT2D eigenvalue weighted by atomic mass is 9.97. The van der Waals surface area contributed by atoms with Gasteiger partial charge >= 0.3 is 0 Å². The van der Waals surface area contributed by atoms with Gasteiger partial charge < -0.3 is 10.2 Å². The van der Waals surface area contributed by atoms with Crippen molar-refractivity contribution >= 4 is 17.9 Å². The Morgan fingerprint density at radius 1 is 1.50 bits per heavy atom. The Labute approximate surface area is 108 Å². The maximum atomic E-state index is 10.9. The van der Waals surface area contributed by atoms with Crippen molar-refractivity contribution < 1.29 is 15.0 Å². The molecule has 0 aromatic heterocycles. The molecule has 1 rings (SSSR count). The first kappa shape index (κ1) is 14.5. The van der Waals surface area contributed by atoms with Crippen LogP contribution in [0, 0.1) is 0 Å². The molecule has 0 heterocycles. The Morgan fingerprint density at radius 3 is 2.83 bits per heavy atom. The molecule has 2 atom stereocenters. The highest BCUT2D eigenvalue weighted by Crippen LogP contribution is 2.26. The average Bonchev–Trinajstić information content (AvgIpc) is 2.37. The molecule has 6 nitrogen and oxygen atoms in total. The molecule has 0 aliphatic rings. The fraction of sp³-hybridized carbons (Fsp3) is 0.364. The summed E-state index contributed by atoms with van der Waals surface area (Å²) in [7, 11) is 0. The van der Waals surface area contributed by atoms with Gasteiger partial charge in [0.2, 0.25) is 0 Å². The van der Waals surface area contributed by atoms with Crippen LogP contribution >= 0.6 is 11.6 Å². The largest absolute Gasteiger partial charge is 0.390 e. The molecule has 0 fully saturated rings. The Morgan fingerprint density at radius 2 is 2.22 bits per heavy atom. The minimum Gasteiger partial charge on any atom is -0.390 e. The summed E-state index contributed by atoms with van der Waals surface area (Å²) in [5.41, 5.74) is 8.51. The van der Waals surface area contributed by atoms with Crippen LogP contribution in [-0.4, -0.2) is 29.1 Å². The van der Waals surface area contributed by atoms with E-state index in [2.05, 4.69) is 10.0 Å². The predicted octanol–water partition coefficient (Wildman–Crippen LogP) is 2.25. The summed E-state index contributed by atoms with van der Waals surface area (Å²) < 4.78 is 0. The van der Waals surface area contributed by atoms with Gasteiger partial charge in [0, 0.05) is 17.0 Å². The van der Waals surface area contributed by atoms with Gasteiger partial charge in [0.05, 0.1) is 11.1 Å². The maximum absolute atomic E-state index is 10.9. The number of hydrogen-bond acceptors (Lipinski definition) is 4. The van der Waals surface area contributed by atoms with Crippen molar-refractivity contribution in [2.24, 2.45) is 5.11 Å². The summed E-state index contributed by atoms with van der Waals surface area (Å²) in [6.45, 7) is 0.0612. The zero-order chi connectivity index (χ0) is 13.5. The molecule has 0 aliphatic heterocycles. The Hall–Kier alpha value is -1.59. The summed E-state index contributed by atoms with van der Waals surface area (Å²) in [6, 6.07) is 4.61. The molecule has 0 amide bonds. The van der Waals surface area contributed by atoms with Gasteiger partial charge in [-0.2, -0.15) is 0 Å². The van der Waals surface area contributed by atoms with Crippen molar-refractivity contribution in [3.63, 3.8) is 0 Å². The fourth-order valence-corrected chi connectivity index (χ4v) is 1.76. The van der Waals surface area contributed by atoms with Crippen LogP contribution in [0.1, 0.15) is 28.4 Å². The third-order valence-corrected chi connectivity index (χ3v) is 2.81. The molecule has 2 N–H and O–H groups in total. The summed E-state index contributed by atoms with van der Waals surface area (Å²) in [4.78, 5) is 13.4. The Balaban J connectivity index is 2.89. The number of hydrogen-bond donors (Lipinski definition) is 2. The van der Waals surface area contributed by atoms with Crippen molar-refractivity contribution in [2.75, 3.05) is 6.54 Å². The summed E-state index contributed by atoms with van der Waals surface area (Å²) in [6.07, 6.45) is -1.76. The van der Waals surface area contributed by atoms with Crippen LogP contribution in [0.3, 0.4) is 0 Å². The molecular formula is C11H12ClN3O3. The summed E-state index contributed by atoms with van der Waals surface area (Å²) >= 11 is 5.81. The molecule has 96 valence electrons. The van der Waals surface area contributed by atoms with Crippen LogP contribution in [0.25, 0.3) is 10.4 Å². The molecular weight excluding hydrogens is 258 g/mol. The highest BCUT2D eigenvalue weighted by atomic mass is 35.5. The molecule has 0 aliphatic carbocycles. The van der Waals surface area contributed by atoms with Crippen molar-refractivity contribution in [1.29, 1.82) is 0 Å². The van der Waals surface area contributed by atoms with Gasteiger partial charge in [-0.05, 0) is 23.6 Å². The second-order valence-electron chi connectivity index (χ2n) is 3.62. The molecule has 0 spiro atoms. The van der Waals surface area contributed by atoms with Gasteiger partial charge in [0.25, 0.3) is 0 Å². The van der Waals surface area contributed by atoms with E-state index in [0.717, 1.165) is 0 Å². The van der Waals surface area contributed by atoms with Crippen LogP contribution in [0.15, 0.2) is 23.3 Å². The quantitative estimate of drug-likeness (QED) is 0.358. The Kier molecular flexibility index (Phi) is 5.61. The van der Waals surface area contributed by atoms with E-state index in [4.69, 9.17) is 17.1 Å². The minimum atomic E-state index is -1.25. The number of nitrogens with zero attached hydrogens (tertiary/aromatic N) is 3. The van der Waals surface area contributed by atoms with E-state index >= 15 is 0 Å². The monoisotopic (exact) mass is 269 g/mol. The number of benzene rings is 1. The molecule has 2 unspecified atom stereocenters. The lowest BCUT2D eigenvalue weighted by Gasteiger charge is -2.19. The van der Waals surface area contributed by atoms with Crippen LogP contribution in [0.2, 0.25) is 5.02 Å². The molecule has 0 saturated carbocycles. The number of rotatable bonds is 6. The van der Waals surface area contributed by atoms with Crippen molar-refractivity contribution in [1.82, 2.24) is 0 Å². The van der Waals surface area contributed by atoms with Crippen LogP contribution in [-0.2, 0) is 0 Å². The number of aliphatic hydroxyl groups is 2. The topological polar surface area (TPSA) is 106 Å². The number of aliphatic hydroxyl groups excluding tert-OH is 2. The van der Waals surface area contributed by atoms with E-state index in [1.807, 2.05) is 0 Å². The van der Waals surface area contributed by atoms with Gasteiger partial charge in [-0.15, -0.1) is 0 Å². The fourth-order valence-electron chi connectivity index (χ4n) is 1.54. The summed E-state index contributed by atoms with van der Waals surface area (Å²) in [5, 5.41) is 23.1. The van der Waals surface area contributed by atoms with E-state index in [-0.39, 0.29) is 29.1 Å². The molecule has 7 heteroatoms. The van der Waals surface area contributed by atoms with Crippen LogP contribution in [0.4, 0.5) is 0 Å². The van der Waals surface area contributed by atoms with E-state index in [1.165, 1.54) is 12.1 Å². The highest BCUT2D eigenvalue weighted by Gasteiger charge is 2.21. The smallest absolute Gasteiger partial charge is 0.151 e. The van der Waals surface area contributed by atoms with Gasteiger partial charge in [-0.1, -0.05) is 28.8 Å². The maximum Gasteiger partial charge on any atom is 0.151 e. The standard InChI is InChI=1S/C11H12ClN3O3/c12-9-3-1-2-7(8(9)6-16)11(18)10(17)4-5-14-15-13/h1-3,6,10-11,17-18H,4-5H2. The second-order valence-corrected chi connectivity index (χ2v) is 4.02. The third-order valence-electron chi connectivity index (χ3n) is 2.48. The first-order chi connectivity index (χ1) is 8.61. The highest BCUT2D eigenvalue weighted by molar-refractivity contribution is 6.33. The minimum absolute atomic E-state index is 0.0612. The normalized spacial score (nSPS) is 13.5. The average molecular weight is 270 g/mol. The second kappa shape index (κ2) is 6.98. The van der Waals surface area contributed by atoms with Gasteiger partial charge in [-0.3, -0.25) is 4.79 Å². The first-order valence-corrected chi connectivity index (χ1v) is 5.60. The summed E-state index contributed by atoms with van der Waals surface area (Å²) in [5.74, 6) is 0. The van der Waals surface area contributed by atoms with E-state index in [1.54, 1.807) is 6.07 Å². The molecule has 1 aromatic carbocycles. The zero-order valence-electron chi connectivity index (χ0n) is 9.40. The molecule has 18 heavy (non-hydrogen) atoms. The van der Waals surface area contributed by atoms with E-state index in [9.17, 15) is 15.0 Å². The number of halogens is 1. The predicted molar refractivity (Wildman–Crippen MR) is 66.4 cm³/mol. The van der Waals surface area contributed by atoms with Crippen LogP contribution in [0.5, 0.6) is 0 Å². The number of carbonyl (C=O) groups is 1. The van der Waals surface area contributed by atoms with Gasteiger partial charge in [-0.25, -0.2) is 0 Å².